The zero-order valence-electron chi connectivity index (χ0n) is 15.5. The van der Waals surface area contributed by atoms with Gasteiger partial charge in [-0.2, -0.15) is 0 Å². The Morgan fingerprint density at radius 2 is 1.29 bits per heavy atom. The van der Waals surface area contributed by atoms with Gasteiger partial charge in [0.05, 0.1) is 14.2 Å². The maximum absolute atomic E-state index is 14.5. The van der Waals surface area contributed by atoms with Gasteiger partial charge in [0.2, 0.25) is 0 Å². The van der Waals surface area contributed by atoms with Crippen molar-refractivity contribution in [1.29, 1.82) is 0 Å². The standard InChI is InChI=1S/C21H19BrF2N2O2/c1-27-16-7-3-14(4-8-16)12-26(13-15-5-9-17(28-2)10-6-15)21-19(24)11-18(23)20(22)25-21/h3-11H,12-13H2,1-2H3. The largest absolute Gasteiger partial charge is 0.497 e. The van der Waals surface area contributed by atoms with Crippen molar-refractivity contribution in [3.63, 3.8) is 0 Å². The molecule has 0 unspecified atom stereocenters. The van der Waals surface area contributed by atoms with Crippen molar-refractivity contribution in [2.45, 2.75) is 13.1 Å². The molecule has 146 valence electrons. The van der Waals surface area contributed by atoms with Gasteiger partial charge in [0.25, 0.3) is 0 Å². The van der Waals surface area contributed by atoms with Crippen molar-refractivity contribution in [1.82, 2.24) is 4.98 Å². The highest BCUT2D eigenvalue weighted by atomic mass is 79.9. The number of benzene rings is 2. The third-order valence-electron chi connectivity index (χ3n) is 4.23. The molecule has 0 saturated heterocycles. The average Bonchev–Trinajstić information content (AvgIpc) is 2.71. The van der Waals surface area contributed by atoms with Crippen LogP contribution in [-0.4, -0.2) is 19.2 Å². The van der Waals surface area contributed by atoms with Gasteiger partial charge in [-0.1, -0.05) is 24.3 Å². The minimum atomic E-state index is -0.741. The molecular weight excluding hydrogens is 430 g/mol. The highest BCUT2D eigenvalue weighted by molar-refractivity contribution is 9.10. The Kier molecular flexibility index (Phi) is 6.46. The van der Waals surface area contributed by atoms with Crippen LogP contribution < -0.4 is 14.4 Å². The maximum atomic E-state index is 14.5. The van der Waals surface area contributed by atoms with Gasteiger partial charge in [0, 0.05) is 19.2 Å². The molecule has 28 heavy (non-hydrogen) atoms. The highest BCUT2D eigenvalue weighted by Crippen LogP contribution is 2.26. The first kappa shape index (κ1) is 20.1. The third kappa shape index (κ3) is 4.78. The van der Waals surface area contributed by atoms with Crippen molar-refractivity contribution in [3.8, 4) is 11.5 Å². The van der Waals surface area contributed by atoms with Crippen molar-refractivity contribution in [2.24, 2.45) is 0 Å². The summed E-state index contributed by atoms with van der Waals surface area (Å²) in [7, 11) is 3.20. The average molecular weight is 449 g/mol. The summed E-state index contributed by atoms with van der Waals surface area (Å²) in [6, 6.07) is 15.8. The van der Waals surface area contributed by atoms with Gasteiger partial charge in [-0.15, -0.1) is 0 Å². The van der Waals surface area contributed by atoms with Crippen LogP contribution in [0.15, 0.2) is 59.2 Å². The van der Waals surface area contributed by atoms with Crippen molar-refractivity contribution >= 4 is 21.7 Å². The molecule has 0 aliphatic rings. The van der Waals surface area contributed by atoms with Crippen LogP contribution >= 0.6 is 15.9 Å². The molecule has 3 aromatic rings. The van der Waals surface area contributed by atoms with Gasteiger partial charge in [0.1, 0.15) is 16.1 Å². The molecule has 7 heteroatoms. The van der Waals surface area contributed by atoms with Crippen LogP contribution in [0.3, 0.4) is 0 Å². The Bertz CT molecular complexity index is 885. The molecule has 2 aromatic carbocycles. The number of pyridine rings is 1. The van der Waals surface area contributed by atoms with Crippen molar-refractivity contribution in [2.75, 3.05) is 19.1 Å². The topological polar surface area (TPSA) is 34.6 Å². The van der Waals surface area contributed by atoms with E-state index in [0.29, 0.717) is 13.1 Å². The molecule has 0 aliphatic heterocycles. The second-order valence-electron chi connectivity index (χ2n) is 6.12. The summed E-state index contributed by atoms with van der Waals surface area (Å²) in [5, 5.41) is 0. The number of aromatic nitrogens is 1. The predicted molar refractivity (Wildman–Crippen MR) is 108 cm³/mol. The van der Waals surface area contributed by atoms with E-state index in [9.17, 15) is 8.78 Å². The molecule has 0 aliphatic carbocycles. The molecule has 0 N–H and O–H groups in total. The minimum absolute atomic E-state index is 0.0293. The van der Waals surface area contributed by atoms with Crippen molar-refractivity contribution < 1.29 is 18.3 Å². The van der Waals surface area contributed by atoms with Gasteiger partial charge >= 0.3 is 0 Å². The first-order valence-electron chi connectivity index (χ1n) is 8.52. The molecule has 4 nitrogen and oxygen atoms in total. The van der Waals surface area contributed by atoms with Crippen LogP contribution in [-0.2, 0) is 13.1 Å². The predicted octanol–water partition coefficient (Wildman–Crippen LogP) is 5.35. The number of anilines is 1. The molecule has 0 bridgehead atoms. The van der Waals surface area contributed by atoms with Crippen LogP contribution in [0.2, 0.25) is 0 Å². The van der Waals surface area contributed by atoms with Gasteiger partial charge in [-0.05, 0) is 51.3 Å². The van der Waals surface area contributed by atoms with Gasteiger partial charge in [-0.25, -0.2) is 13.8 Å². The number of nitrogens with zero attached hydrogens (tertiary/aromatic N) is 2. The molecule has 0 fully saturated rings. The van der Waals surface area contributed by atoms with E-state index in [1.54, 1.807) is 19.1 Å². The molecule has 3 rings (SSSR count). The van der Waals surface area contributed by atoms with E-state index in [0.717, 1.165) is 28.7 Å². The Hall–Kier alpha value is -2.67. The second-order valence-corrected chi connectivity index (χ2v) is 6.87. The summed E-state index contributed by atoms with van der Waals surface area (Å²) in [6.07, 6.45) is 0. The Balaban J connectivity index is 1.93. The fraction of sp³-hybridized carbons (Fsp3) is 0.190. The van der Waals surface area contributed by atoms with E-state index < -0.39 is 11.6 Å². The van der Waals surface area contributed by atoms with Crippen LogP contribution in [0, 0.1) is 11.6 Å². The van der Waals surface area contributed by atoms with Gasteiger partial charge < -0.3 is 14.4 Å². The maximum Gasteiger partial charge on any atom is 0.168 e. The quantitative estimate of drug-likeness (QED) is 0.456. The zero-order valence-corrected chi connectivity index (χ0v) is 17.0. The first-order chi connectivity index (χ1) is 13.5. The Morgan fingerprint density at radius 1 is 0.821 bits per heavy atom. The van der Waals surface area contributed by atoms with Gasteiger partial charge in [-0.3, -0.25) is 0 Å². The second kappa shape index (κ2) is 9.01. The van der Waals surface area contributed by atoms with Crippen LogP contribution in [0.4, 0.5) is 14.6 Å². The highest BCUT2D eigenvalue weighted by Gasteiger charge is 2.18. The summed E-state index contributed by atoms with van der Waals surface area (Å²) in [5.74, 6) is 0.0799. The number of halogens is 3. The van der Waals surface area contributed by atoms with E-state index in [-0.39, 0.29) is 10.4 Å². The number of rotatable bonds is 7. The lowest BCUT2D eigenvalue weighted by atomic mass is 10.1. The Labute approximate surface area is 170 Å². The van der Waals surface area contributed by atoms with Crippen LogP contribution in [0.25, 0.3) is 0 Å². The number of hydrogen-bond acceptors (Lipinski definition) is 4. The van der Waals surface area contributed by atoms with E-state index in [1.807, 2.05) is 48.5 Å². The third-order valence-corrected chi connectivity index (χ3v) is 4.79. The summed E-state index contributed by atoms with van der Waals surface area (Å²) in [5.41, 5.74) is 1.88. The molecule has 0 spiro atoms. The van der Waals surface area contributed by atoms with E-state index in [2.05, 4.69) is 20.9 Å². The monoisotopic (exact) mass is 448 g/mol. The summed E-state index contributed by atoms with van der Waals surface area (Å²) < 4.78 is 38.5. The molecule has 0 amide bonds. The van der Waals surface area contributed by atoms with Crippen molar-refractivity contribution in [3.05, 3.63) is 82.0 Å². The van der Waals surface area contributed by atoms with Crippen LogP contribution in [0.5, 0.6) is 11.5 Å². The fourth-order valence-electron chi connectivity index (χ4n) is 2.77. The molecule has 0 radical (unpaired) electrons. The molecule has 1 aromatic heterocycles. The normalized spacial score (nSPS) is 10.6. The number of methoxy groups -OCH3 is 2. The summed E-state index contributed by atoms with van der Waals surface area (Å²) in [6.45, 7) is 0.774. The molecule has 0 atom stereocenters. The SMILES string of the molecule is COc1ccc(CN(Cc2ccc(OC)cc2)c2nc(Br)c(F)cc2F)cc1. The number of hydrogen-bond donors (Lipinski definition) is 0. The van der Waals surface area contributed by atoms with E-state index in [1.165, 1.54) is 0 Å². The fourth-order valence-corrected chi connectivity index (χ4v) is 3.05. The lowest BCUT2D eigenvalue weighted by molar-refractivity contribution is 0.414. The first-order valence-corrected chi connectivity index (χ1v) is 9.32. The van der Waals surface area contributed by atoms with Crippen LogP contribution in [0.1, 0.15) is 11.1 Å². The van der Waals surface area contributed by atoms with Gasteiger partial charge in [0.15, 0.2) is 17.5 Å². The number of ether oxygens (including phenoxy) is 2. The molecule has 0 saturated carbocycles. The van der Waals surface area contributed by atoms with E-state index in [4.69, 9.17) is 9.47 Å². The zero-order chi connectivity index (χ0) is 20.1. The lowest BCUT2D eigenvalue weighted by Crippen LogP contribution is -2.24. The molecular formula is C21H19BrF2N2O2. The Morgan fingerprint density at radius 3 is 1.71 bits per heavy atom. The minimum Gasteiger partial charge on any atom is -0.497 e. The summed E-state index contributed by atoms with van der Waals surface area (Å²) in [4.78, 5) is 5.83. The molecule has 1 heterocycles. The van der Waals surface area contributed by atoms with E-state index >= 15 is 0 Å². The smallest absolute Gasteiger partial charge is 0.168 e. The lowest BCUT2D eigenvalue weighted by Gasteiger charge is -2.25. The summed E-state index contributed by atoms with van der Waals surface area (Å²) >= 11 is 3.04.